The number of fused-ring (bicyclic) bond motifs is 3. The van der Waals surface area contributed by atoms with Crippen molar-refractivity contribution < 1.29 is 5.11 Å². The van der Waals surface area contributed by atoms with Crippen LogP contribution in [0.3, 0.4) is 0 Å². The Kier molecular flexibility index (Phi) is 3.50. The fraction of sp³-hybridized carbons (Fsp3) is 0.375. The fourth-order valence-corrected chi connectivity index (χ4v) is 3.01. The summed E-state index contributed by atoms with van der Waals surface area (Å²) in [5.41, 5.74) is 2.07. The van der Waals surface area contributed by atoms with Crippen LogP contribution in [0.4, 0.5) is 0 Å². The van der Waals surface area contributed by atoms with Crippen LogP contribution < -0.4 is 0 Å². The largest absolute Gasteiger partial charge is 0.389 e. The number of aryl methyl sites for hydroxylation is 1. The van der Waals surface area contributed by atoms with Crippen molar-refractivity contribution in [3.8, 4) is 0 Å². The van der Waals surface area contributed by atoms with E-state index in [4.69, 9.17) is 0 Å². The zero-order valence-corrected chi connectivity index (χ0v) is 14.0. The summed E-state index contributed by atoms with van der Waals surface area (Å²) in [6, 6.07) is 6.06. The molecule has 0 radical (unpaired) electrons. The Balaban J connectivity index is 2.36. The van der Waals surface area contributed by atoms with Crippen LogP contribution in [0.2, 0.25) is 0 Å². The van der Waals surface area contributed by atoms with Gasteiger partial charge in [0.05, 0.1) is 29.4 Å². The summed E-state index contributed by atoms with van der Waals surface area (Å²) in [7, 11) is 0. The zero-order chi connectivity index (χ0) is 15.2. The second-order valence-corrected chi connectivity index (χ2v) is 6.85. The molecule has 110 valence electrons. The highest BCUT2D eigenvalue weighted by atomic mass is 79.9. The second-order valence-electron chi connectivity index (χ2n) is 5.93. The van der Waals surface area contributed by atoms with Crippen molar-refractivity contribution >= 4 is 37.9 Å². The molecule has 0 aliphatic rings. The average molecular weight is 348 g/mol. The molecule has 0 bridgehead atoms. The number of aromatic nitrogens is 3. The highest BCUT2D eigenvalue weighted by Gasteiger charge is 2.20. The topological polar surface area (TPSA) is 50.9 Å². The Labute approximate surface area is 132 Å². The van der Waals surface area contributed by atoms with Crippen LogP contribution in [0.1, 0.15) is 26.6 Å². The molecule has 0 saturated carbocycles. The van der Waals surface area contributed by atoms with Crippen molar-refractivity contribution in [1.82, 2.24) is 14.5 Å². The predicted octanol–water partition coefficient (Wildman–Crippen LogP) is 3.68. The van der Waals surface area contributed by atoms with E-state index >= 15 is 0 Å². The molecule has 2 aromatic heterocycles. The monoisotopic (exact) mass is 347 g/mol. The van der Waals surface area contributed by atoms with Crippen LogP contribution in [-0.2, 0) is 13.0 Å². The lowest BCUT2D eigenvalue weighted by atomic mass is 10.1. The number of imidazole rings is 1. The molecule has 0 spiro atoms. The number of rotatable bonds is 3. The molecule has 0 aliphatic heterocycles. The summed E-state index contributed by atoms with van der Waals surface area (Å²) in [4.78, 5) is 9.15. The third-order valence-corrected chi connectivity index (χ3v) is 3.97. The molecule has 2 heterocycles. The summed E-state index contributed by atoms with van der Waals surface area (Å²) in [6.07, 6.45) is 2.63. The van der Waals surface area contributed by atoms with E-state index < -0.39 is 5.60 Å². The first-order chi connectivity index (χ1) is 9.89. The number of benzene rings is 1. The molecule has 0 atom stereocenters. The number of hydrogen-bond donors (Lipinski definition) is 1. The van der Waals surface area contributed by atoms with Crippen molar-refractivity contribution in [3.63, 3.8) is 0 Å². The molecule has 0 saturated heterocycles. The van der Waals surface area contributed by atoms with Crippen LogP contribution >= 0.6 is 15.9 Å². The van der Waals surface area contributed by atoms with E-state index in [0.717, 1.165) is 38.7 Å². The molecule has 3 rings (SSSR count). The standard InChI is InChI=1S/C16H18BrN3O/c1-4-14-19-13-8-18-12-7-10(17)5-6-11(12)15(13)20(14)9-16(2,3)21/h5-8,21H,4,9H2,1-3H3. The smallest absolute Gasteiger partial charge is 0.109 e. The van der Waals surface area contributed by atoms with E-state index in [9.17, 15) is 5.11 Å². The number of nitrogens with zero attached hydrogens (tertiary/aromatic N) is 3. The van der Waals surface area contributed by atoms with Gasteiger partial charge in [-0.05, 0) is 32.0 Å². The lowest BCUT2D eigenvalue weighted by molar-refractivity contribution is 0.0619. The van der Waals surface area contributed by atoms with Crippen LogP contribution in [0.25, 0.3) is 21.9 Å². The van der Waals surface area contributed by atoms with Gasteiger partial charge in [-0.15, -0.1) is 0 Å². The Morgan fingerprint density at radius 1 is 1.29 bits per heavy atom. The van der Waals surface area contributed by atoms with Gasteiger partial charge in [0, 0.05) is 16.3 Å². The van der Waals surface area contributed by atoms with Gasteiger partial charge in [-0.1, -0.05) is 22.9 Å². The van der Waals surface area contributed by atoms with Crippen LogP contribution in [0.15, 0.2) is 28.9 Å². The average Bonchev–Trinajstić information content (AvgIpc) is 2.74. The molecule has 4 nitrogen and oxygen atoms in total. The molecule has 0 aliphatic carbocycles. The van der Waals surface area contributed by atoms with Crippen molar-refractivity contribution in [1.29, 1.82) is 0 Å². The summed E-state index contributed by atoms with van der Waals surface area (Å²) < 4.78 is 3.12. The van der Waals surface area contributed by atoms with Gasteiger partial charge in [-0.3, -0.25) is 4.98 Å². The quantitative estimate of drug-likeness (QED) is 0.786. The summed E-state index contributed by atoms with van der Waals surface area (Å²) in [6.45, 7) is 6.23. The molecular weight excluding hydrogens is 330 g/mol. The molecule has 5 heteroatoms. The van der Waals surface area contributed by atoms with Crippen molar-refractivity contribution in [2.45, 2.75) is 39.3 Å². The van der Waals surface area contributed by atoms with E-state index in [1.807, 2.05) is 32.2 Å². The van der Waals surface area contributed by atoms with E-state index in [0.29, 0.717) is 6.54 Å². The lowest BCUT2D eigenvalue weighted by Gasteiger charge is -2.20. The highest BCUT2D eigenvalue weighted by molar-refractivity contribution is 9.10. The normalized spacial score (nSPS) is 12.4. The van der Waals surface area contributed by atoms with E-state index in [2.05, 4.69) is 43.5 Å². The highest BCUT2D eigenvalue weighted by Crippen LogP contribution is 2.28. The zero-order valence-electron chi connectivity index (χ0n) is 12.4. The van der Waals surface area contributed by atoms with Gasteiger partial charge in [0.15, 0.2) is 0 Å². The Morgan fingerprint density at radius 2 is 2.05 bits per heavy atom. The second kappa shape index (κ2) is 5.07. The van der Waals surface area contributed by atoms with Crippen molar-refractivity contribution in [3.05, 3.63) is 34.7 Å². The van der Waals surface area contributed by atoms with Gasteiger partial charge in [0.25, 0.3) is 0 Å². The number of halogens is 1. The van der Waals surface area contributed by atoms with Gasteiger partial charge < -0.3 is 9.67 Å². The van der Waals surface area contributed by atoms with Crippen LogP contribution in [0, 0.1) is 0 Å². The molecule has 1 aromatic carbocycles. The molecule has 3 aromatic rings. The number of aliphatic hydroxyl groups is 1. The summed E-state index contributed by atoms with van der Waals surface area (Å²) in [5, 5.41) is 11.3. The Bertz CT molecular complexity index is 818. The maximum absolute atomic E-state index is 10.2. The first kappa shape index (κ1) is 14.5. The molecular formula is C16H18BrN3O. The Hall–Kier alpha value is -1.46. The van der Waals surface area contributed by atoms with Crippen LogP contribution in [0.5, 0.6) is 0 Å². The number of hydrogen-bond acceptors (Lipinski definition) is 3. The fourth-order valence-electron chi connectivity index (χ4n) is 2.66. The molecule has 0 amide bonds. The van der Waals surface area contributed by atoms with E-state index in [1.165, 1.54) is 0 Å². The van der Waals surface area contributed by atoms with Crippen molar-refractivity contribution in [2.75, 3.05) is 0 Å². The first-order valence-corrected chi connectivity index (χ1v) is 7.84. The molecule has 0 fully saturated rings. The maximum Gasteiger partial charge on any atom is 0.109 e. The van der Waals surface area contributed by atoms with E-state index in [-0.39, 0.29) is 0 Å². The number of pyridine rings is 1. The van der Waals surface area contributed by atoms with Gasteiger partial charge in [0.2, 0.25) is 0 Å². The van der Waals surface area contributed by atoms with E-state index in [1.54, 1.807) is 0 Å². The lowest BCUT2D eigenvalue weighted by Crippen LogP contribution is -2.27. The predicted molar refractivity (Wildman–Crippen MR) is 88.4 cm³/mol. The third kappa shape index (κ3) is 2.68. The van der Waals surface area contributed by atoms with Gasteiger partial charge in [-0.2, -0.15) is 0 Å². The molecule has 0 unspecified atom stereocenters. The summed E-state index contributed by atoms with van der Waals surface area (Å²) >= 11 is 3.48. The van der Waals surface area contributed by atoms with Crippen molar-refractivity contribution in [2.24, 2.45) is 0 Å². The minimum absolute atomic E-state index is 0.516. The maximum atomic E-state index is 10.2. The molecule has 21 heavy (non-hydrogen) atoms. The van der Waals surface area contributed by atoms with Crippen LogP contribution in [-0.4, -0.2) is 25.2 Å². The first-order valence-electron chi connectivity index (χ1n) is 7.05. The minimum Gasteiger partial charge on any atom is -0.389 e. The van der Waals surface area contributed by atoms with Gasteiger partial charge in [0.1, 0.15) is 11.3 Å². The minimum atomic E-state index is -0.789. The third-order valence-electron chi connectivity index (χ3n) is 3.48. The van der Waals surface area contributed by atoms with Gasteiger partial charge >= 0.3 is 0 Å². The SMILES string of the molecule is CCc1nc2cnc3cc(Br)ccc3c2n1CC(C)(C)O. The molecule has 1 N–H and O–H groups in total. The van der Waals surface area contributed by atoms with Gasteiger partial charge in [-0.25, -0.2) is 4.98 Å². The summed E-state index contributed by atoms with van der Waals surface area (Å²) in [5.74, 6) is 0.976. The Morgan fingerprint density at radius 3 is 2.71 bits per heavy atom.